The Kier molecular flexibility index (Phi) is 4.29. The lowest BCUT2D eigenvalue weighted by molar-refractivity contribution is 0.0793. The Morgan fingerprint density at radius 1 is 1.12 bits per heavy atom. The van der Waals surface area contributed by atoms with Crippen molar-refractivity contribution in [3.8, 4) is 10.6 Å². The van der Waals surface area contributed by atoms with Gasteiger partial charge in [-0.15, -0.1) is 11.3 Å². The van der Waals surface area contributed by atoms with E-state index in [4.69, 9.17) is 5.73 Å². The molecular weight excluding hydrogens is 332 g/mol. The fourth-order valence-electron chi connectivity index (χ4n) is 3.20. The van der Waals surface area contributed by atoms with Gasteiger partial charge in [-0.1, -0.05) is 30.3 Å². The second-order valence-electron chi connectivity index (χ2n) is 6.16. The van der Waals surface area contributed by atoms with Crippen molar-refractivity contribution in [1.29, 1.82) is 0 Å². The first-order valence-corrected chi connectivity index (χ1v) is 9.00. The highest BCUT2D eigenvalue weighted by atomic mass is 32.1. The number of carbonyl (C=O) groups is 1. The summed E-state index contributed by atoms with van der Waals surface area (Å²) in [6, 6.07) is 13.9. The molecule has 4 rings (SSSR count). The number of thiazole rings is 1. The summed E-state index contributed by atoms with van der Waals surface area (Å²) in [5, 5.41) is 0.828. The lowest BCUT2D eigenvalue weighted by Crippen LogP contribution is -2.31. The number of amides is 1. The van der Waals surface area contributed by atoms with Crippen LogP contribution in [0, 0.1) is 0 Å². The van der Waals surface area contributed by atoms with Gasteiger partial charge in [0, 0.05) is 43.0 Å². The van der Waals surface area contributed by atoms with E-state index >= 15 is 0 Å². The van der Waals surface area contributed by atoms with Crippen molar-refractivity contribution >= 4 is 17.2 Å². The molecule has 0 saturated carbocycles. The summed E-state index contributed by atoms with van der Waals surface area (Å²) in [6.07, 6.45) is 5.11. The summed E-state index contributed by atoms with van der Waals surface area (Å²) in [5.41, 5.74) is 8.46. The first-order valence-electron chi connectivity index (χ1n) is 8.18. The maximum atomic E-state index is 12.8. The van der Waals surface area contributed by atoms with Crippen LogP contribution in [-0.4, -0.2) is 39.9 Å². The van der Waals surface area contributed by atoms with Gasteiger partial charge in [0.15, 0.2) is 0 Å². The molecule has 6 heteroatoms. The number of pyridine rings is 1. The molecule has 0 aliphatic carbocycles. The fourth-order valence-corrected chi connectivity index (χ4v) is 4.09. The van der Waals surface area contributed by atoms with Crippen LogP contribution in [0.1, 0.15) is 21.2 Å². The molecule has 126 valence electrons. The lowest BCUT2D eigenvalue weighted by atomic mass is 9.95. The van der Waals surface area contributed by atoms with Crippen LogP contribution in [0.25, 0.3) is 10.6 Å². The minimum absolute atomic E-state index is 0.00619. The van der Waals surface area contributed by atoms with E-state index < -0.39 is 0 Å². The third-order valence-electron chi connectivity index (χ3n) is 4.52. The lowest BCUT2D eigenvalue weighted by Gasteiger charge is -2.15. The molecule has 3 aromatic rings. The van der Waals surface area contributed by atoms with Crippen molar-refractivity contribution in [2.75, 3.05) is 13.1 Å². The molecule has 25 heavy (non-hydrogen) atoms. The maximum Gasteiger partial charge on any atom is 0.265 e. The second-order valence-corrected chi connectivity index (χ2v) is 7.19. The predicted molar refractivity (Wildman–Crippen MR) is 98.4 cm³/mol. The van der Waals surface area contributed by atoms with Crippen molar-refractivity contribution in [3.63, 3.8) is 0 Å². The molecule has 0 spiro atoms. The highest BCUT2D eigenvalue weighted by Crippen LogP contribution is 2.30. The summed E-state index contributed by atoms with van der Waals surface area (Å²) in [5.74, 6) is 0.185. The smallest absolute Gasteiger partial charge is 0.265 e. The van der Waals surface area contributed by atoms with Gasteiger partial charge in [-0.3, -0.25) is 9.78 Å². The molecule has 3 heterocycles. The summed E-state index contributed by atoms with van der Waals surface area (Å²) in [7, 11) is 0. The molecule has 0 radical (unpaired) electrons. The van der Waals surface area contributed by atoms with Crippen LogP contribution in [0.3, 0.4) is 0 Å². The Labute approximate surface area is 150 Å². The zero-order valence-electron chi connectivity index (χ0n) is 13.6. The molecule has 1 saturated heterocycles. The number of rotatable bonds is 3. The van der Waals surface area contributed by atoms with Crippen LogP contribution < -0.4 is 5.73 Å². The molecule has 1 aliphatic rings. The topological polar surface area (TPSA) is 72.1 Å². The van der Waals surface area contributed by atoms with Gasteiger partial charge in [0.2, 0.25) is 0 Å². The van der Waals surface area contributed by atoms with Crippen LogP contribution in [0.5, 0.6) is 0 Å². The monoisotopic (exact) mass is 350 g/mol. The van der Waals surface area contributed by atoms with E-state index in [0.29, 0.717) is 18.0 Å². The molecule has 1 aliphatic heterocycles. The summed E-state index contributed by atoms with van der Waals surface area (Å²) in [4.78, 5) is 23.7. The van der Waals surface area contributed by atoms with Crippen LogP contribution in [0.2, 0.25) is 0 Å². The standard InChI is InChI=1S/C19H18N4OS/c20-16-12-23(11-15(16)13-4-2-1-3-5-13)19(24)17-10-22-18(25-17)14-6-8-21-9-7-14/h1-10,15-16H,11-12,20H2/t15-,16+/m0/s1. The first kappa shape index (κ1) is 15.9. The molecule has 5 nitrogen and oxygen atoms in total. The van der Waals surface area contributed by atoms with Gasteiger partial charge < -0.3 is 10.6 Å². The average Bonchev–Trinajstić information content (AvgIpc) is 3.30. The summed E-state index contributed by atoms with van der Waals surface area (Å²) < 4.78 is 0. The second kappa shape index (κ2) is 6.74. The van der Waals surface area contributed by atoms with E-state index in [1.807, 2.05) is 35.2 Å². The number of nitrogens with zero attached hydrogens (tertiary/aromatic N) is 3. The number of hydrogen-bond donors (Lipinski definition) is 1. The molecule has 0 unspecified atom stereocenters. The third-order valence-corrected chi connectivity index (χ3v) is 5.56. The summed E-state index contributed by atoms with van der Waals surface area (Å²) in [6.45, 7) is 1.22. The molecule has 1 aromatic carbocycles. The van der Waals surface area contributed by atoms with Crippen LogP contribution in [0.15, 0.2) is 61.1 Å². The van der Waals surface area contributed by atoms with Crippen molar-refractivity contribution in [2.24, 2.45) is 5.73 Å². The van der Waals surface area contributed by atoms with E-state index in [-0.39, 0.29) is 17.9 Å². The van der Waals surface area contributed by atoms with Crippen LogP contribution in [0.4, 0.5) is 0 Å². The Hall–Kier alpha value is -2.57. The van der Waals surface area contributed by atoms with Crippen molar-refractivity contribution in [3.05, 3.63) is 71.5 Å². The predicted octanol–water partition coefficient (Wildman–Crippen LogP) is 2.77. The number of carbonyl (C=O) groups excluding carboxylic acids is 1. The van der Waals surface area contributed by atoms with E-state index in [0.717, 1.165) is 10.6 Å². The normalized spacial score (nSPS) is 20.0. The molecule has 2 atom stereocenters. The summed E-state index contributed by atoms with van der Waals surface area (Å²) >= 11 is 1.41. The minimum atomic E-state index is -0.0426. The van der Waals surface area contributed by atoms with Gasteiger partial charge in [0.25, 0.3) is 5.91 Å². The van der Waals surface area contributed by atoms with Crippen LogP contribution >= 0.6 is 11.3 Å². The van der Waals surface area contributed by atoms with E-state index in [9.17, 15) is 4.79 Å². The molecule has 2 aromatic heterocycles. The third kappa shape index (κ3) is 3.18. The van der Waals surface area contributed by atoms with Gasteiger partial charge in [0.05, 0.1) is 6.20 Å². The average molecular weight is 350 g/mol. The van der Waals surface area contributed by atoms with Crippen molar-refractivity contribution < 1.29 is 4.79 Å². The highest BCUT2D eigenvalue weighted by molar-refractivity contribution is 7.16. The molecular formula is C19H18N4OS. The number of benzene rings is 1. The number of nitrogens with two attached hydrogens (primary N) is 1. The van der Waals surface area contributed by atoms with Gasteiger partial charge >= 0.3 is 0 Å². The van der Waals surface area contributed by atoms with E-state index in [1.54, 1.807) is 18.6 Å². The van der Waals surface area contributed by atoms with Gasteiger partial charge in [0.1, 0.15) is 9.88 Å². The SMILES string of the molecule is N[C@@H]1CN(C(=O)c2cnc(-c3ccncc3)s2)C[C@H]1c1ccccc1. The largest absolute Gasteiger partial charge is 0.336 e. The fraction of sp³-hybridized carbons (Fsp3) is 0.211. The number of aromatic nitrogens is 2. The van der Waals surface area contributed by atoms with Gasteiger partial charge in [-0.2, -0.15) is 0 Å². The molecule has 1 amide bonds. The molecule has 0 bridgehead atoms. The van der Waals surface area contributed by atoms with Gasteiger partial charge in [-0.05, 0) is 17.7 Å². The highest BCUT2D eigenvalue weighted by Gasteiger charge is 2.34. The zero-order chi connectivity index (χ0) is 17.2. The van der Waals surface area contributed by atoms with Crippen molar-refractivity contribution in [1.82, 2.24) is 14.9 Å². The quantitative estimate of drug-likeness (QED) is 0.788. The number of hydrogen-bond acceptors (Lipinski definition) is 5. The molecule has 2 N–H and O–H groups in total. The van der Waals surface area contributed by atoms with E-state index in [1.165, 1.54) is 16.9 Å². The Balaban J connectivity index is 1.51. The van der Waals surface area contributed by atoms with E-state index in [2.05, 4.69) is 22.1 Å². The maximum absolute atomic E-state index is 12.8. The zero-order valence-corrected chi connectivity index (χ0v) is 14.4. The Bertz CT molecular complexity index is 865. The van der Waals surface area contributed by atoms with Crippen molar-refractivity contribution in [2.45, 2.75) is 12.0 Å². The van der Waals surface area contributed by atoms with Crippen LogP contribution in [-0.2, 0) is 0 Å². The Morgan fingerprint density at radius 2 is 1.88 bits per heavy atom. The Morgan fingerprint density at radius 3 is 2.64 bits per heavy atom. The molecule has 1 fully saturated rings. The minimum Gasteiger partial charge on any atom is -0.336 e. The first-order chi connectivity index (χ1) is 12.2. The van der Waals surface area contributed by atoms with Gasteiger partial charge in [-0.25, -0.2) is 4.98 Å². The number of likely N-dealkylation sites (tertiary alicyclic amines) is 1.